The summed E-state index contributed by atoms with van der Waals surface area (Å²) >= 11 is 0. The number of carboxylic acids is 1. The molecule has 1 aromatic heterocycles. The maximum Gasteiger partial charge on any atom is 0.303 e. The lowest BCUT2D eigenvalue weighted by atomic mass is 10.0. The summed E-state index contributed by atoms with van der Waals surface area (Å²) < 4.78 is 0. The summed E-state index contributed by atoms with van der Waals surface area (Å²) in [6.45, 7) is 0. The van der Waals surface area contributed by atoms with E-state index in [1.807, 2.05) is 36.4 Å². The number of benzene rings is 3. The first kappa shape index (κ1) is 21.0. The molecule has 0 unspecified atom stereocenters. The van der Waals surface area contributed by atoms with E-state index in [1.165, 1.54) is 0 Å². The summed E-state index contributed by atoms with van der Waals surface area (Å²) in [7, 11) is 0. The van der Waals surface area contributed by atoms with Crippen LogP contribution in [0.2, 0.25) is 0 Å². The molecule has 0 atom stereocenters. The topological polar surface area (TPSA) is 112 Å². The lowest BCUT2D eigenvalue weighted by Gasteiger charge is -2.05. The first-order chi connectivity index (χ1) is 15.5. The summed E-state index contributed by atoms with van der Waals surface area (Å²) in [6, 6.07) is 21.7. The number of H-pyrrole nitrogens is 1. The van der Waals surface area contributed by atoms with E-state index in [0.717, 1.165) is 16.6 Å². The van der Waals surface area contributed by atoms with Crippen molar-refractivity contribution in [3.05, 3.63) is 83.9 Å². The van der Waals surface area contributed by atoms with Crippen molar-refractivity contribution in [3.8, 4) is 11.4 Å². The predicted octanol–water partition coefficient (Wildman–Crippen LogP) is 4.65. The van der Waals surface area contributed by atoms with Gasteiger partial charge >= 0.3 is 5.97 Å². The van der Waals surface area contributed by atoms with E-state index in [1.54, 1.807) is 36.4 Å². The number of hydrogen-bond acceptors (Lipinski definition) is 4. The number of carbonyl (C=O) groups excluding carboxylic acids is 2. The fraction of sp³-hybridized carbons (Fsp3) is 0.120. The smallest absolute Gasteiger partial charge is 0.303 e. The standard InChI is InChI=1S/C25H21N3O4/c29-22(7-4-8-23(30)31)26-19-12-9-17(10-13-19)25-27-20-14-11-18(15-21(20)28-25)24(32)16-5-2-1-3-6-16/h1-3,5-6,9-15H,4,7-8H2,(H,26,29)(H,27,28)(H,30,31). The average molecular weight is 427 g/mol. The van der Waals surface area contributed by atoms with Gasteiger partial charge in [-0.1, -0.05) is 30.3 Å². The fourth-order valence-corrected chi connectivity index (χ4v) is 3.38. The molecule has 0 bridgehead atoms. The Bertz CT molecular complexity index is 1280. The molecule has 1 amide bonds. The number of aromatic amines is 1. The zero-order valence-electron chi connectivity index (χ0n) is 17.2. The minimum atomic E-state index is -0.912. The monoisotopic (exact) mass is 427 g/mol. The number of anilines is 1. The van der Waals surface area contributed by atoms with E-state index >= 15 is 0 Å². The second-order valence-corrected chi connectivity index (χ2v) is 7.39. The molecule has 160 valence electrons. The van der Waals surface area contributed by atoms with Crippen LogP contribution < -0.4 is 5.32 Å². The number of imidazole rings is 1. The number of aromatic nitrogens is 2. The largest absolute Gasteiger partial charge is 0.481 e. The highest BCUT2D eigenvalue weighted by molar-refractivity contribution is 6.10. The maximum absolute atomic E-state index is 12.7. The molecular formula is C25H21N3O4. The van der Waals surface area contributed by atoms with E-state index in [2.05, 4.69) is 15.3 Å². The molecule has 3 N–H and O–H groups in total. The highest BCUT2D eigenvalue weighted by Crippen LogP contribution is 2.24. The Morgan fingerprint density at radius 3 is 2.34 bits per heavy atom. The molecule has 0 aliphatic rings. The Morgan fingerprint density at radius 2 is 1.62 bits per heavy atom. The molecule has 0 fully saturated rings. The van der Waals surface area contributed by atoms with Gasteiger partial charge in [-0.2, -0.15) is 0 Å². The van der Waals surface area contributed by atoms with Crippen molar-refractivity contribution in [1.29, 1.82) is 0 Å². The first-order valence-electron chi connectivity index (χ1n) is 10.2. The third kappa shape index (κ3) is 4.89. The van der Waals surface area contributed by atoms with Crippen LogP contribution in [0.15, 0.2) is 72.8 Å². The number of fused-ring (bicyclic) bond motifs is 1. The van der Waals surface area contributed by atoms with Gasteiger partial charge in [0, 0.05) is 35.2 Å². The Hall–Kier alpha value is -4.26. The minimum Gasteiger partial charge on any atom is -0.481 e. The van der Waals surface area contributed by atoms with Crippen LogP contribution in [0.1, 0.15) is 35.2 Å². The third-order valence-electron chi connectivity index (χ3n) is 5.02. The Kier molecular flexibility index (Phi) is 6.07. The number of hydrogen-bond donors (Lipinski definition) is 3. The lowest BCUT2D eigenvalue weighted by Crippen LogP contribution is -2.11. The molecular weight excluding hydrogens is 406 g/mol. The van der Waals surface area contributed by atoms with Gasteiger partial charge in [0.05, 0.1) is 11.0 Å². The molecule has 0 saturated heterocycles. The van der Waals surface area contributed by atoms with Crippen LogP contribution in [-0.2, 0) is 9.59 Å². The number of aliphatic carboxylic acids is 1. The van der Waals surface area contributed by atoms with Crippen molar-refractivity contribution in [1.82, 2.24) is 9.97 Å². The second-order valence-electron chi connectivity index (χ2n) is 7.39. The van der Waals surface area contributed by atoms with E-state index in [-0.39, 0.29) is 24.5 Å². The van der Waals surface area contributed by atoms with Crippen LogP contribution in [-0.4, -0.2) is 32.7 Å². The molecule has 0 saturated carbocycles. The zero-order chi connectivity index (χ0) is 22.5. The molecule has 4 rings (SSSR count). The van der Waals surface area contributed by atoms with Crippen LogP contribution in [0.25, 0.3) is 22.4 Å². The molecule has 7 nitrogen and oxygen atoms in total. The SMILES string of the molecule is O=C(O)CCCC(=O)Nc1ccc(-c2nc3ccc(C(=O)c4ccccc4)cc3[nH]2)cc1. The molecule has 0 aliphatic carbocycles. The summed E-state index contributed by atoms with van der Waals surface area (Å²) in [6.07, 6.45) is 0.422. The number of nitrogens with zero attached hydrogens (tertiary/aromatic N) is 1. The van der Waals surface area contributed by atoms with Gasteiger partial charge in [0.1, 0.15) is 5.82 Å². The van der Waals surface area contributed by atoms with Gasteiger partial charge in [-0.05, 0) is 48.9 Å². The van der Waals surface area contributed by atoms with Crippen LogP contribution >= 0.6 is 0 Å². The van der Waals surface area contributed by atoms with Crippen molar-refractivity contribution >= 4 is 34.4 Å². The van der Waals surface area contributed by atoms with Crippen LogP contribution in [0, 0.1) is 0 Å². The van der Waals surface area contributed by atoms with Gasteiger partial charge in [0.2, 0.25) is 5.91 Å². The highest BCUT2D eigenvalue weighted by atomic mass is 16.4. The second kappa shape index (κ2) is 9.26. The average Bonchev–Trinajstić information content (AvgIpc) is 3.23. The molecule has 32 heavy (non-hydrogen) atoms. The van der Waals surface area contributed by atoms with Gasteiger partial charge in [-0.15, -0.1) is 0 Å². The number of amides is 1. The molecule has 4 aromatic rings. The van der Waals surface area contributed by atoms with Gasteiger partial charge in [-0.25, -0.2) is 4.98 Å². The third-order valence-corrected chi connectivity index (χ3v) is 5.02. The Labute approximate surface area is 184 Å². The Morgan fingerprint density at radius 1 is 0.875 bits per heavy atom. The van der Waals surface area contributed by atoms with Crippen LogP contribution in [0.3, 0.4) is 0 Å². The van der Waals surface area contributed by atoms with Crippen LogP contribution in [0.5, 0.6) is 0 Å². The molecule has 0 spiro atoms. The van der Waals surface area contributed by atoms with E-state index < -0.39 is 5.97 Å². The quantitative estimate of drug-likeness (QED) is 0.354. The molecule has 7 heteroatoms. The van der Waals surface area contributed by atoms with Crippen molar-refractivity contribution in [2.75, 3.05) is 5.32 Å². The fourth-order valence-electron chi connectivity index (χ4n) is 3.38. The summed E-state index contributed by atoms with van der Waals surface area (Å²) in [5.74, 6) is -0.529. The lowest BCUT2D eigenvalue weighted by molar-refractivity contribution is -0.137. The van der Waals surface area contributed by atoms with Crippen molar-refractivity contribution < 1.29 is 19.5 Å². The van der Waals surface area contributed by atoms with Crippen molar-refractivity contribution in [3.63, 3.8) is 0 Å². The minimum absolute atomic E-state index is 0.0307. The van der Waals surface area contributed by atoms with Crippen molar-refractivity contribution in [2.24, 2.45) is 0 Å². The maximum atomic E-state index is 12.7. The van der Waals surface area contributed by atoms with E-state index in [9.17, 15) is 14.4 Å². The number of nitrogens with one attached hydrogen (secondary N) is 2. The number of rotatable bonds is 8. The number of ketones is 1. The molecule has 1 heterocycles. The van der Waals surface area contributed by atoms with Gasteiger partial charge in [0.15, 0.2) is 5.78 Å². The zero-order valence-corrected chi connectivity index (χ0v) is 17.2. The summed E-state index contributed by atoms with van der Waals surface area (Å²) in [5.41, 5.74) is 4.19. The van der Waals surface area contributed by atoms with Crippen molar-refractivity contribution in [2.45, 2.75) is 19.3 Å². The molecule has 3 aromatic carbocycles. The van der Waals surface area contributed by atoms with E-state index in [4.69, 9.17) is 5.11 Å². The highest BCUT2D eigenvalue weighted by Gasteiger charge is 2.12. The van der Waals surface area contributed by atoms with Gasteiger partial charge in [0.25, 0.3) is 0 Å². The van der Waals surface area contributed by atoms with Crippen LogP contribution in [0.4, 0.5) is 5.69 Å². The number of carboxylic acid groups (broad SMARTS) is 1. The molecule has 0 aliphatic heterocycles. The Balaban J connectivity index is 1.47. The van der Waals surface area contributed by atoms with E-state index in [0.29, 0.717) is 29.1 Å². The molecule has 0 radical (unpaired) electrons. The summed E-state index contributed by atoms with van der Waals surface area (Å²) in [5, 5.41) is 11.4. The normalized spacial score (nSPS) is 10.8. The first-order valence-corrected chi connectivity index (χ1v) is 10.2. The summed E-state index contributed by atoms with van der Waals surface area (Å²) in [4.78, 5) is 43.0. The van der Waals surface area contributed by atoms with Gasteiger partial charge < -0.3 is 15.4 Å². The van der Waals surface area contributed by atoms with Gasteiger partial charge in [-0.3, -0.25) is 14.4 Å². The predicted molar refractivity (Wildman–Crippen MR) is 122 cm³/mol. The number of carbonyl (C=O) groups is 3.